The SMILES string of the molecule is CCCc1ccc(S(=O)(=O)O)cc1.[H-].[Na+]. The van der Waals surface area contributed by atoms with Gasteiger partial charge in [0.25, 0.3) is 10.1 Å². The van der Waals surface area contributed by atoms with Crippen LogP contribution in [0.3, 0.4) is 0 Å². The van der Waals surface area contributed by atoms with Crippen molar-refractivity contribution in [3.63, 3.8) is 0 Å². The van der Waals surface area contributed by atoms with Crippen molar-refractivity contribution in [3.8, 4) is 0 Å². The summed E-state index contributed by atoms with van der Waals surface area (Å²) in [6.07, 6.45) is 1.94. The Morgan fingerprint density at radius 2 is 1.79 bits per heavy atom. The molecule has 0 aliphatic carbocycles. The molecule has 0 fully saturated rings. The summed E-state index contributed by atoms with van der Waals surface area (Å²) < 4.78 is 30.0. The summed E-state index contributed by atoms with van der Waals surface area (Å²) in [5.74, 6) is 0. The van der Waals surface area contributed by atoms with Crippen molar-refractivity contribution < 1.29 is 44.0 Å². The summed E-state index contributed by atoms with van der Waals surface area (Å²) in [6.45, 7) is 2.05. The smallest absolute Gasteiger partial charge is 1.00 e. The predicted octanol–water partition coefficient (Wildman–Crippen LogP) is -0.998. The molecule has 0 saturated carbocycles. The van der Waals surface area contributed by atoms with E-state index in [0.717, 1.165) is 18.4 Å². The van der Waals surface area contributed by atoms with Crippen molar-refractivity contribution in [2.45, 2.75) is 24.7 Å². The van der Waals surface area contributed by atoms with Crippen molar-refractivity contribution in [1.82, 2.24) is 0 Å². The van der Waals surface area contributed by atoms with Crippen LogP contribution in [-0.2, 0) is 16.5 Å². The number of hydrogen-bond donors (Lipinski definition) is 1. The van der Waals surface area contributed by atoms with Gasteiger partial charge in [-0.2, -0.15) is 8.42 Å². The van der Waals surface area contributed by atoms with Crippen molar-refractivity contribution in [3.05, 3.63) is 29.8 Å². The molecule has 0 aromatic heterocycles. The third-order valence-electron chi connectivity index (χ3n) is 1.76. The van der Waals surface area contributed by atoms with Gasteiger partial charge in [0.15, 0.2) is 0 Å². The van der Waals surface area contributed by atoms with Crippen molar-refractivity contribution in [2.24, 2.45) is 0 Å². The first-order valence-corrected chi connectivity index (χ1v) is 5.54. The minimum atomic E-state index is -4.03. The van der Waals surface area contributed by atoms with Crippen LogP contribution in [0.25, 0.3) is 0 Å². The van der Waals surface area contributed by atoms with Crippen LogP contribution in [0.1, 0.15) is 20.3 Å². The summed E-state index contributed by atoms with van der Waals surface area (Å²) in [5.41, 5.74) is 1.08. The fourth-order valence-corrected chi connectivity index (χ4v) is 1.60. The number of rotatable bonds is 3. The summed E-state index contributed by atoms with van der Waals surface area (Å²) in [5, 5.41) is 0. The molecule has 0 unspecified atom stereocenters. The molecule has 5 heteroatoms. The maximum Gasteiger partial charge on any atom is 1.00 e. The molecule has 0 amide bonds. The van der Waals surface area contributed by atoms with Gasteiger partial charge in [0, 0.05) is 0 Å². The van der Waals surface area contributed by atoms with E-state index >= 15 is 0 Å². The summed E-state index contributed by atoms with van der Waals surface area (Å²) in [6, 6.07) is 6.26. The molecule has 0 aliphatic rings. The Hall–Kier alpha value is 0.130. The number of aryl methyl sites for hydroxylation is 1. The van der Waals surface area contributed by atoms with Crippen LogP contribution < -0.4 is 29.6 Å². The molecule has 1 aromatic rings. The van der Waals surface area contributed by atoms with E-state index in [2.05, 4.69) is 6.92 Å². The molecule has 0 spiro atoms. The maximum atomic E-state index is 10.7. The third-order valence-corrected chi connectivity index (χ3v) is 2.63. The molecular weight excluding hydrogens is 211 g/mol. The van der Waals surface area contributed by atoms with Gasteiger partial charge >= 0.3 is 29.6 Å². The summed E-state index contributed by atoms with van der Waals surface area (Å²) in [4.78, 5) is -0.0487. The van der Waals surface area contributed by atoms with E-state index in [4.69, 9.17) is 4.55 Å². The van der Waals surface area contributed by atoms with Crippen LogP contribution in [0.15, 0.2) is 29.2 Å². The molecule has 1 rings (SSSR count). The Morgan fingerprint density at radius 3 is 2.14 bits per heavy atom. The van der Waals surface area contributed by atoms with Gasteiger partial charge in [0.2, 0.25) is 0 Å². The molecule has 0 bridgehead atoms. The van der Waals surface area contributed by atoms with Crippen LogP contribution in [0.4, 0.5) is 0 Å². The first kappa shape index (κ1) is 14.1. The molecule has 3 nitrogen and oxygen atoms in total. The molecule has 0 aliphatic heterocycles. The molecule has 0 heterocycles. The molecule has 14 heavy (non-hydrogen) atoms. The van der Waals surface area contributed by atoms with Gasteiger partial charge in [0.1, 0.15) is 0 Å². The van der Waals surface area contributed by atoms with Gasteiger partial charge in [-0.3, -0.25) is 4.55 Å². The summed E-state index contributed by atoms with van der Waals surface area (Å²) in [7, 11) is -4.03. The van der Waals surface area contributed by atoms with E-state index in [1.54, 1.807) is 12.1 Å². The minimum Gasteiger partial charge on any atom is -1.00 e. The first-order chi connectivity index (χ1) is 6.04. The Kier molecular flexibility index (Phi) is 5.93. The quantitative estimate of drug-likeness (QED) is 0.529. The normalized spacial score (nSPS) is 10.7. The zero-order valence-corrected chi connectivity index (χ0v) is 11.2. The second kappa shape index (κ2) is 5.88. The van der Waals surface area contributed by atoms with Gasteiger partial charge < -0.3 is 1.43 Å². The van der Waals surface area contributed by atoms with Crippen LogP contribution in [0, 0.1) is 0 Å². The van der Waals surface area contributed by atoms with Crippen LogP contribution in [-0.4, -0.2) is 13.0 Å². The standard InChI is InChI=1S/C9H12O3S.Na.H/c1-2-3-8-4-6-9(7-5-8)13(10,11)12;;/h4-7H,2-3H2,1H3,(H,10,11,12);;/q;+1;-1. The van der Waals surface area contributed by atoms with E-state index < -0.39 is 10.1 Å². The van der Waals surface area contributed by atoms with Gasteiger partial charge in [-0.15, -0.1) is 0 Å². The van der Waals surface area contributed by atoms with Crippen molar-refractivity contribution >= 4 is 10.1 Å². The molecule has 1 N–H and O–H groups in total. The zero-order chi connectivity index (χ0) is 9.90. The number of benzene rings is 1. The number of hydrogen-bond acceptors (Lipinski definition) is 2. The molecule has 74 valence electrons. The van der Waals surface area contributed by atoms with Gasteiger partial charge in [-0.1, -0.05) is 25.5 Å². The average molecular weight is 224 g/mol. The molecule has 1 aromatic carbocycles. The topological polar surface area (TPSA) is 54.4 Å². The molecular formula is C9H13NaO3S. The van der Waals surface area contributed by atoms with Crippen molar-refractivity contribution in [1.29, 1.82) is 0 Å². The van der Waals surface area contributed by atoms with Crippen molar-refractivity contribution in [2.75, 3.05) is 0 Å². The van der Waals surface area contributed by atoms with E-state index in [0.29, 0.717) is 0 Å². The second-order valence-electron chi connectivity index (χ2n) is 2.87. The van der Waals surface area contributed by atoms with Gasteiger partial charge in [-0.25, -0.2) is 0 Å². The Bertz CT molecular complexity index is 375. The van der Waals surface area contributed by atoms with E-state index in [1.807, 2.05) is 0 Å². The minimum absolute atomic E-state index is 0. The van der Waals surface area contributed by atoms with Crippen LogP contribution in [0.2, 0.25) is 0 Å². The van der Waals surface area contributed by atoms with Gasteiger partial charge in [-0.05, 0) is 24.1 Å². The monoisotopic (exact) mass is 224 g/mol. The Morgan fingerprint density at radius 1 is 1.29 bits per heavy atom. The molecule has 0 atom stereocenters. The fourth-order valence-electron chi connectivity index (χ4n) is 1.12. The van der Waals surface area contributed by atoms with Crippen LogP contribution in [0.5, 0.6) is 0 Å². The van der Waals surface area contributed by atoms with Gasteiger partial charge in [0.05, 0.1) is 4.90 Å². The third kappa shape index (κ3) is 4.11. The zero-order valence-electron chi connectivity index (χ0n) is 9.40. The van der Waals surface area contributed by atoms with E-state index in [1.165, 1.54) is 12.1 Å². The fraction of sp³-hybridized carbons (Fsp3) is 0.333. The Balaban J connectivity index is 0. The van der Waals surface area contributed by atoms with E-state index in [9.17, 15) is 8.42 Å². The summed E-state index contributed by atoms with van der Waals surface area (Å²) >= 11 is 0. The second-order valence-corrected chi connectivity index (χ2v) is 4.29. The Labute approximate surface area is 108 Å². The maximum absolute atomic E-state index is 10.7. The molecule has 0 radical (unpaired) electrons. The predicted molar refractivity (Wildman–Crippen MR) is 51.4 cm³/mol. The largest absolute Gasteiger partial charge is 1.00 e. The van der Waals surface area contributed by atoms with E-state index in [-0.39, 0.29) is 35.9 Å². The first-order valence-electron chi connectivity index (χ1n) is 4.10. The molecule has 0 saturated heterocycles. The van der Waals surface area contributed by atoms with Crippen LogP contribution >= 0.6 is 0 Å². The average Bonchev–Trinajstić information content (AvgIpc) is 2.04.